The first-order valence-corrected chi connectivity index (χ1v) is 10.0. The number of nitrogens with one attached hydrogen (secondary N) is 1. The third-order valence-electron chi connectivity index (χ3n) is 5.51. The lowest BCUT2D eigenvalue weighted by Gasteiger charge is -2.25. The molecule has 2 aliphatic rings. The van der Waals surface area contributed by atoms with Crippen molar-refractivity contribution in [3.63, 3.8) is 0 Å². The Morgan fingerprint density at radius 2 is 2.11 bits per heavy atom. The summed E-state index contributed by atoms with van der Waals surface area (Å²) in [5.74, 6) is 1.09. The number of benzene rings is 1. The lowest BCUT2D eigenvalue weighted by atomic mass is 9.87. The van der Waals surface area contributed by atoms with Crippen molar-refractivity contribution in [3.05, 3.63) is 35.9 Å². The summed E-state index contributed by atoms with van der Waals surface area (Å²) in [5.41, 5.74) is 1.75. The molecule has 2 heterocycles. The topological polar surface area (TPSA) is 40.1 Å². The average Bonchev–Trinajstić information content (AvgIpc) is 3.29. The Hall–Kier alpha value is -0.860. The number of ether oxygens (including phenoxy) is 1. The fraction of sp³-hybridized carbons (Fsp3) is 0.667. The van der Waals surface area contributed by atoms with Crippen molar-refractivity contribution in [1.29, 1.82) is 0 Å². The molecule has 1 aromatic carbocycles. The summed E-state index contributed by atoms with van der Waals surface area (Å²) < 4.78 is 5.65. The number of hydrogen-bond acceptors (Lipinski definition) is 3. The SMILES string of the molecule is CCNC(=NCCCN(C)Cc1ccccc1)N1CCC2(CCOC2)C1.I. The molecule has 0 aromatic heterocycles. The van der Waals surface area contributed by atoms with Crippen LogP contribution in [0.2, 0.25) is 0 Å². The van der Waals surface area contributed by atoms with Crippen LogP contribution in [-0.2, 0) is 11.3 Å². The van der Waals surface area contributed by atoms with E-state index in [0.29, 0.717) is 5.41 Å². The van der Waals surface area contributed by atoms with Gasteiger partial charge < -0.3 is 19.9 Å². The molecule has 1 spiro atoms. The highest BCUT2D eigenvalue weighted by atomic mass is 127. The van der Waals surface area contributed by atoms with Crippen molar-refractivity contribution in [1.82, 2.24) is 15.1 Å². The molecule has 1 aromatic rings. The molecule has 1 atom stereocenters. The van der Waals surface area contributed by atoms with Crippen LogP contribution in [0.25, 0.3) is 0 Å². The molecule has 2 aliphatic heterocycles. The third-order valence-corrected chi connectivity index (χ3v) is 5.51. The Balaban J connectivity index is 0.00000261. The number of halogens is 1. The van der Waals surface area contributed by atoms with E-state index in [4.69, 9.17) is 9.73 Å². The van der Waals surface area contributed by atoms with Gasteiger partial charge in [0.05, 0.1) is 6.61 Å². The van der Waals surface area contributed by atoms with Crippen molar-refractivity contribution in [2.75, 3.05) is 53.0 Å². The summed E-state index contributed by atoms with van der Waals surface area (Å²) in [6, 6.07) is 10.7. The number of aliphatic imine (C=N–C) groups is 1. The van der Waals surface area contributed by atoms with E-state index in [1.165, 1.54) is 18.4 Å². The summed E-state index contributed by atoms with van der Waals surface area (Å²) in [7, 11) is 2.19. The summed E-state index contributed by atoms with van der Waals surface area (Å²) in [5, 5.41) is 3.48. The summed E-state index contributed by atoms with van der Waals surface area (Å²) in [6.07, 6.45) is 3.52. The first kappa shape index (κ1) is 22.4. The third kappa shape index (κ3) is 6.61. The first-order chi connectivity index (χ1) is 12.7. The summed E-state index contributed by atoms with van der Waals surface area (Å²) in [6.45, 7) is 10.1. The Morgan fingerprint density at radius 1 is 1.30 bits per heavy atom. The molecule has 2 fully saturated rings. The highest BCUT2D eigenvalue weighted by Gasteiger charge is 2.42. The van der Waals surface area contributed by atoms with Gasteiger partial charge in [0, 0.05) is 44.7 Å². The molecule has 2 saturated heterocycles. The largest absolute Gasteiger partial charge is 0.381 e. The fourth-order valence-corrected chi connectivity index (χ4v) is 4.01. The van der Waals surface area contributed by atoms with E-state index in [1.807, 2.05) is 0 Å². The fourth-order valence-electron chi connectivity index (χ4n) is 4.01. The van der Waals surface area contributed by atoms with E-state index in [9.17, 15) is 0 Å². The number of guanidine groups is 1. The molecule has 27 heavy (non-hydrogen) atoms. The van der Waals surface area contributed by atoms with E-state index in [-0.39, 0.29) is 24.0 Å². The molecule has 0 radical (unpaired) electrons. The number of likely N-dealkylation sites (tertiary alicyclic amines) is 1. The Morgan fingerprint density at radius 3 is 2.81 bits per heavy atom. The van der Waals surface area contributed by atoms with Gasteiger partial charge in [-0.25, -0.2) is 0 Å². The average molecular weight is 486 g/mol. The molecule has 0 bridgehead atoms. The van der Waals surface area contributed by atoms with Crippen LogP contribution in [0, 0.1) is 5.41 Å². The van der Waals surface area contributed by atoms with E-state index in [2.05, 4.69) is 59.4 Å². The zero-order valence-electron chi connectivity index (χ0n) is 16.8. The minimum atomic E-state index is 0. The maximum absolute atomic E-state index is 5.65. The van der Waals surface area contributed by atoms with Crippen LogP contribution < -0.4 is 5.32 Å². The van der Waals surface area contributed by atoms with E-state index in [1.54, 1.807) is 0 Å². The molecule has 0 saturated carbocycles. The second-order valence-electron chi connectivity index (χ2n) is 7.79. The number of rotatable bonds is 7. The van der Waals surface area contributed by atoms with Gasteiger partial charge >= 0.3 is 0 Å². The quantitative estimate of drug-likeness (QED) is 0.278. The van der Waals surface area contributed by atoms with Gasteiger partial charge in [-0.1, -0.05) is 30.3 Å². The van der Waals surface area contributed by atoms with Gasteiger partial charge in [-0.15, -0.1) is 24.0 Å². The van der Waals surface area contributed by atoms with Crippen LogP contribution in [0.4, 0.5) is 0 Å². The Bertz CT molecular complexity index is 575. The van der Waals surface area contributed by atoms with E-state index in [0.717, 1.165) is 64.9 Å². The second-order valence-corrected chi connectivity index (χ2v) is 7.79. The van der Waals surface area contributed by atoms with Crippen LogP contribution in [0.5, 0.6) is 0 Å². The maximum atomic E-state index is 5.65. The van der Waals surface area contributed by atoms with Gasteiger partial charge in [0.15, 0.2) is 5.96 Å². The number of hydrogen-bond donors (Lipinski definition) is 1. The molecule has 6 heteroatoms. The Labute approximate surface area is 181 Å². The Kier molecular flexibility index (Phi) is 9.32. The maximum Gasteiger partial charge on any atom is 0.193 e. The minimum absolute atomic E-state index is 0. The molecule has 3 rings (SSSR count). The number of nitrogens with zero attached hydrogens (tertiary/aromatic N) is 3. The van der Waals surface area contributed by atoms with Crippen molar-refractivity contribution >= 4 is 29.9 Å². The highest BCUT2D eigenvalue weighted by molar-refractivity contribution is 14.0. The lowest BCUT2D eigenvalue weighted by Crippen LogP contribution is -2.41. The van der Waals surface area contributed by atoms with Crippen molar-refractivity contribution in [3.8, 4) is 0 Å². The molecule has 1 N–H and O–H groups in total. The van der Waals surface area contributed by atoms with Crippen LogP contribution in [-0.4, -0.2) is 68.7 Å². The van der Waals surface area contributed by atoms with Crippen molar-refractivity contribution in [2.45, 2.75) is 32.7 Å². The predicted octanol–water partition coefficient (Wildman–Crippen LogP) is 3.20. The van der Waals surface area contributed by atoms with Gasteiger partial charge in [0.25, 0.3) is 0 Å². The summed E-state index contributed by atoms with van der Waals surface area (Å²) in [4.78, 5) is 9.70. The van der Waals surface area contributed by atoms with Gasteiger partial charge in [-0.2, -0.15) is 0 Å². The lowest BCUT2D eigenvalue weighted by molar-refractivity contribution is 0.156. The standard InChI is InChI=1S/C21H34N4O.HI/c1-3-22-20(25-14-10-21(17-25)11-15-26-18-21)23-12-7-13-24(2)16-19-8-5-4-6-9-19;/h4-6,8-9H,3,7,10-18H2,1-2H3,(H,22,23);1H. The highest BCUT2D eigenvalue weighted by Crippen LogP contribution is 2.38. The molecular formula is C21H35IN4O. The predicted molar refractivity (Wildman–Crippen MR) is 123 cm³/mol. The molecule has 152 valence electrons. The van der Waals surface area contributed by atoms with Crippen molar-refractivity contribution < 1.29 is 4.74 Å². The van der Waals surface area contributed by atoms with Crippen LogP contribution in [0.1, 0.15) is 31.7 Å². The monoisotopic (exact) mass is 486 g/mol. The molecular weight excluding hydrogens is 451 g/mol. The van der Waals surface area contributed by atoms with E-state index < -0.39 is 0 Å². The van der Waals surface area contributed by atoms with Gasteiger partial charge in [-0.3, -0.25) is 4.99 Å². The molecule has 5 nitrogen and oxygen atoms in total. The van der Waals surface area contributed by atoms with Gasteiger partial charge in [-0.05, 0) is 45.3 Å². The molecule has 0 amide bonds. The molecule has 1 unspecified atom stereocenters. The molecule has 0 aliphatic carbocycles. The van der Waals surface area contributed by atoms with Crippen molar-refractivity contribution in [2.24, 2.45) is 10.4 Å². The normalized spacial score (nSPS) is 22.5. The van der Waals surface area contributed by atoms with Crippen LogP contribution in [0.15, 0.2) is 35.3 Å². The summed E-state index contributed by atoms with van der Waals surface area (Å²) >= 11 is 0. The first-order valence-electron chi connectivity index (χ1n) is 10.0. The zero-order valence-corrected chi connectivity index (χ0v) is 19.2. The second kappa shape index (κ2) is 11.2. The smallest absolute Gasteiger partial charge is 0.193 e. The van der Waals surface area contributed by atoms with Gasteiger partial charge in [0.1, 0.15) is 0 Å². The van der Waals surface area contributed by atoms with E-state index >= 15 is 0 Å². The van der Waals surface area contributed by atoms with Crippen LogP contribution in [0.3, 0.4) is 0 Å². The zero-order chi connectivity index (χ0) is 18.2. The van der Waals surface area contributed by atoms with Crippen LogP contribution >= 0.6 is 24.0 Å². The van der Waals surface area contributed by atoms with Gasteiger partial charge in [0.2, 0.25) is 0 Å². The minimum Gasteiger partial charge on any atom is -0.381 e.